The van der Waals surface area contributed by atoms with Crippen LogP contribution in [0.4, 0.5) is 0 Å². The molecule has 176 valence electrons. The molecular weight excluding hydrogens is 428 g/mol. The summed E-state index contributed by atoms with van der Waals surface area (Å²) < 4.78 is 0. The number of aliphatic carboxylic acids is 1. The van der Waals surface area contributed by atoms with Gasteiger partial charge in [-0.3, -0.25) is 9.59 Å². The number of hydrogen-bond donors (Lipinski definition) is 2. The molecule has 3 aromatic carbocycles. The Bertz CT molecular complexity index is 1130. The van der Waals surface area contributed by atoms with E-state index in [-0.39, 0.29) is 18.7 Å². The highest BCUT2D eigenvalue weighted by atomic mass is 16.4. The molecule has 0 saturated heterocycles. The second-order valence-corrected chi connectivity index (χ2v) is 8.59. The lowest BCUT2D eigenvalue weighted by Crippen LogP contribution is -2.53. The minimum atomic E-state index is -1.13. The van der Waals surface area contributed by atoms with Gasteiger partial charge >= 0.3 is 5.97 Å². The third-order valence-electron chi connectivity index (χ3n) is 5.73. The molecule has 0 aliphatic rings. The molecule has 0 aromatic heterocycles. The summed E-state index contributed by atoms with van der Waals surface area (Å²) in [6.45, 7) is 3.83. The molecule has 0 unspecified atom stereocenters. The number of nitrogens with zero attached hydrogens (tertiary/aromatic N) is 1. The highest BCUT2D eigenvalue weighted by Crippen LogP contribution is 2.16. The molecule has 0 aliphatic heterocycles. The number of carbonyl (C=O) groups is 3. The number of carboxylic acids is 1. The second kappa shape index (κ2) is 11.3. The Morgan fingerprint density at radius 3 is 1.82 bits per heavy atom. The maximum Gasteiger partial charge on any atom is 0.326 e. The van der Waals surface area contributed by atoms with Gasteiger partial charge in [-0.05, 0) is 37.1 Å². The predicted octanol–water partition coefficient (Wildman–Crippen LogP) is 3.80. The highest BCUT2D eigenvalue weighted by Gasteiger charge is 2.31. The molecule has 0 fully saturated rings. The number of likely N-dealkylation sites (N-methyl/N-ethyl adjacent to an activating group) is 1. The zero-order valence-corrected chi connectivity index (χ0v) is 19.7. The van der Waals surface area contributed by atoms with Crippen molar-refractivity contribution < 1.29 is 19.5 Å². The van der Waals surface area contributed by atoms with E-state index in [0.717, 1.165) is 22.3 Å². The van der Waals surface area contributed by atoms with Crippen molar-refractivity contribution in [3.8, 4) is 0 Å². The molecule has 6 nitrogen and oxygen atoms in total. The third-order valence-corrected chi connectivity index (χ3v) is 5.73. The summed E-state index contributed by atoms with van der Waals surface area (Å²) in [6, 6.07) is 22.1. The SMILES string of the molecule is Cc1cc(C)cc(C(=O)N(C)[C@H](Cc2ccccc2)C(=O)N[C@@H](Cc2ccccc2)C(=O)O)c1. The molecule has 0 spiro atoms. The van der Waals surface area contributed by atoms with E-state index >= 15 is 0 Å². The van der Waals surface area contributed by atoms with Gasteiger partial charge in [-0.15, -0.1) is 0 Å². The van der Waals surface area contributed by atoms with Gasteiger partial charge in [-0.25, -0.2) is 4.79 Å². The highest BCUT2D eigenvalue weighted by molar-refractivity contribution is 5.98. The Labute approximate surface area is 200 Å². The van der Waals surface area contributed by atoms with E-state index in [1.807, 2.05) is 80.6 Å². The van der Waals surface area contributed by atoms with Gasteiger partial charge in [0, 0.05) is 25.5 Å². The van der Waals surface area contributed by atoms with Crippen LogP contribution in [0.3, 0.4) is 0 Å². The van der Waals surface area contributed by atoms with E-state index in [0.29, 0.717) is 5.56 Å². The van der Waals surface area contributed by atoms with Crippen LogP contribution in [0, 0.1) is 13.8 Å². The molecule has 0 heterocycles. The molecule has 3 aromatic rings. The van der Waals surface area contributed by atoms with Gasteiger partial charge in [0.05, 0.1) is 0 Å². The quantitative estimate of drug-likeness (QED) is 0.511. The molecule has 2 N–H and O–H groups in total. The normalized spacial score (nSPS) is 12.4. The van der Waals surface area contributed by atoms with E-state index in [9.17, 15) is 19.5 Å². The summed E-state index contributed by atoms with van der Waals surface area (Å²) in [7, 11) is 1.58. The van der Waals surface area contributed by atoms with Crippen molar-refractivity contribution in [2.45, 2.75) is 38.8 Å². The topological polar surface area (TPSA) is 86.7 Å². The molecule has 34 heavy (non-hydrogen) atoms. The minimum absolute atomic E-state index is 0.148. The summed E-state index contributed by atoms with van der Waals surface area (Å²) >= 11 is 0. The number of amides is 2. The smallest absolute Gasteiger partial charge is 0.326 e. The Kier molecular flexibility index (Phi) is 8.19. The van der Waals surface area contributed by atoms with Crippen LogP contribution >= 0.6 is 0 Å². The zero-order chi connectivity index (χ0) is 24.7. The van der Waals surface area contributed by atoms with Gasteiger partial charge in [0.25, 0.3) is 5.91 Å². The first-order valence-electron chi connectivity index (χ1n) is 11.2. The van der Waals surface area contributed by atoms with Crippen LogP contribution in [0.1, 0.15) is 32.6 Å². The fourth-order valence-electron chi connectivity index (χ4n) is 4.00. The van der Waals surface area contributed by atoms with Gasteiger partial charge in [-0.1, -0.05) is 77.9 Å². The largest absolute Gasteiger partial charge is 0.480 e. The lowest BCUT2D eigenvalue weighted by Gasteiger charge is -2.29. The Hall–Kier alpha value is -3.93. The Morgan fingerprint density at radius 1 is 0.824 bits per heavy atom. The maximum atomic E-state index is 13.4. The van der Waals surface area contributed by atoms with Crippen LogP contribution in [0.5, 0.6) is 0 Å². The van der Waals surface area contributed by atoms with Gasteiger partial charge in [0.1, 0.15) is 12.1 Å². The molecule has 3 rings (SSSR count). The number of aryl methyl sites for hydroxylation is 2. The third kappa shape index (κ3) is 6.54. The van der Waals surface area contributed by atoms with E-state index < -0.39 is 24.0 Å². The molecule has 0 radical (unpaired) electrons. The van der Waals surface area contributed by atoms with Gasteiger partial charge in [0.2, 0.25) is 5.91 Å². The van der Waals surface area contributed by atoms with Crippen molar-refractivity contribution in [1.29, 1.82) is 0 Å². The van der Waals surface area contributed by atoms with Gasteiger partial charge < -0.3 is 15.3 Å². The van der Waals surface area contributed by atoms with Gasteiger partial charge in [-0.2, -0.15) is 0 Å². The van der Waals surface area contributed by atoms with Crippen LogP contribution in [0.2, 0.25) is 0 Å². The first-order chi connectivity index (χ1) is 16.2. The van der Waals surface area contributed by atoms with Crippen molar-refractivity contribution in [2.24, 2.45) is 0 Å². The van der Waals surface area contributed by atoms with Crippen molar-refractivity contribution in [3.63, 3.8) is 0 Å². The van der Waals surface area contributed by atoms with E-state index in [4.69, 9.17) is 0 Å². The zero-order valence-electron chi connectivity index (χ0n) is 19.7. The number of rotatable bonds is 9. The molecule has 0 aliphatic carbocycles. The number of carboxylic acid groups (broad SMARTS) is 1. The number of nitrogens with one attached hydrogen (secondary N) is 1. The number of carbonyl (C=O) groups excluding carboxylic acids is 2. The van der Waals surface area contributed by atoms with Crippen molar-refractivity contribution >= 4 is 17.8 Å². The van der Waals surface area contributed by atoms with Gasteiger partial charge in [0.15, 0.2) is 0 Å². The monoisotopic (exact) mass is 458 g/mol. The van der Waals surface area contributed by atoms with Crippen molar-refractivity contribution in [1.82, 2.24) is 10.2 Å². The summed E-state index contributed by atoms with van der Waals surface area (Å²) in [5, 5.41) is 12.4. The molecule has 6 heteroatoms. The van der Waals surface area contributed by atoms with Crippen LogP contribution < -0.4 is 5.32 Å². The standard InChI is InChI=1S/C28H30N2O4/c1-19-14-20(2)16-23(15-19)27(32)30(3)25(18-22-12-8-5-9-13-22)26(31)29-24(28(33)34)17-21-10-6-4-7-11-21/h4-16,24-25H,17-18H2,1-3H3,(H,29,31)(H,33,34)/t24-,25+/m0/s1. The average Bonchev–Trinajstić information content (AvgIpc) is 2.81. The lowest BCUT2D eigenvalue weighted by atomic mass is 10.0. The summed E-state index contributed by atoms with van der Waals surface area (Å²) in [6.07, 6.45) is 0.409. The van der Waals surface area contributed by atoms with E-state index in [2.05, 4.69) is 5.32 Å². The van der Waals surface area contributed by atoms with E-state index in [1.165, 1.54) is 4.90 Å². The Balaban J connectivity index is 1.87. The summed E-state index contributed by atoms with van der Waals surface area (Å²) in [5.41, 5.74) is 4.07. The number of benzene rings is 3. The number of hydrogen-bond acceptors (Lipinski definition) is 3. The molecule has 2 amide bonds. The summed E-state index contributed by atoms with van der Waals surface area (Å²) in [5.74, 6) is -1.93. The average molecular weight is 459 g/mol. The van der Waals surface area contributed by atoms with Crippen LogP contribution in [0.15, 0.2) is 78.9 Å². The molecule has 0 saturated carbocycles. The predicted molar refractivity (Wildman–Crippen MR) is 132 cm³/mol. The first-order valence-corrected chi connectivity index (χ1v) is 11.2. The van der Waals surface area contributed by atoms with Crippen LogP contribution in [-0.4, -0.2) is 46.9 Å². The summed E-state index contributed by atoms with van der Waals surface area (Å²) in [4.78, 5) is 40.0. The lowest BCUT2D eigenvalue weighted by molar-refractivity contribution is -0.142. The minimum Gasteiger partial charge on any atom is -0.480 e. The fourth-order valence-corrected chi connectivity index (χ4v) is 4.00. The second-order valence-electron chi connectivity index (χ2n) is 8.59. The van der Waals surface area contributed by atoms with Crippen molar-refractivity contribution in [2.75, 3.05) is 7.05 Å². The van der Waals surface area contributed by atoms with Crippen LogP contribution in [-0.2, 0) is 22.4 Å². The molecule has 0 bridgehead atoms. The fraction of sp³-hybridized carbons (Fsp3) is 0.250. The van der Waals surface area contributed by atoms with Crippen molar-refractivity contribution in [3.05, 3.63) is 107 Å². The van der Waals surface area contributed by atoms with E-state index in [1.54, 1.807) is 19.2 Å². The first kappa shape index (κ1) is 24.7. The van der Waals surface area contributed by atoms with Crippen LogP contribution in [0.25, 0.3) is 0 Å². The molecular formula is C28H30N2O4. The molecule has 2 atom stereocenters. The Morgan fingerprint density at radius 2 is 1.32 bits per heavy atom. The maximum absolute atomic E-state index is 13.4.